The minimum atomic E-state index is -0.141. The number of thiocarbonyl (C=S) groups is 1. The number of thioether (sulfide) groups is 1. The quantitative estimate of drug-likeness (QED) is 0.304. The first-order valence-electron chi connectivity index (χ1n) is 8.81. The average Bonchev–Trinajstić information content (AvgIpc) is 3.29. The Morgan fingerprint density at radius 3 is 2.55 bits per heavy atom. The molecule has 2 aromatic carbocycles. The maximum atomic E-state index is 13.0. The number of carbonyl (C=O) groups excluding carboxylic acids is 1. The number of hydrogen-bond acceptors (Lipinski definition) is 4. The molecule has 1 saturated heterocycles. The fourth-order valence-electron chi connectivity index (χ4n) is 3.06. The molecule has 4 rings (SSSR count). The van der Waals surface area contributed by atoms with E-state index in [1.54, 1.807) is 23.1 Å². The number of rotatable bonds is 4. The van der Waals surface area contributed by atoms with Crippen LogP contribution >= 0.6 is 47.2 Å². The van der Waals surface area contributed by atoms with E-state index in [0.29, 0.717) is 30.8 Å². The number of hydrogen-bond donors (Lipinski definition) is 0. The summed E-state index contributed by atoms with van der Waals surface area (Å²) in [6, 6.07) is 18.6. The van der Waals surface area contributed by atoms with Crippen LogP contribution in [0.2, 0.25) is 10.0 Å². The fourth-order valence-corrected chi connectivity index (χ4v) is 4.76. The van der Waals surface area contributed by atoms with Gasteiger partial charge in [-0.2, -0.15) is 0 Å². The minimum Gasteiger partial charge on any atom is -0.457 e. The van der Waals surface area contributed by atoms with Gasteiger partial charge in [0.1, 0.15) is 15.8 Å². The number of benzene rings is 2. The number of nitrogens with zero attached hydrogens (tertiary/aromatic N) is 1. The molecule has 146 valence electrons. The highest BCUT2D eigenvalue weighted by Gasteiger charge is 2.36. The molecule has 1 aliphatic heterocycles. The van der Waals surface area contributed by atoms with Crippen LogP contribution in [0.5, 0.6) is 0 Å². The summed E-state index contributed by atoms with van der Waals surface area (Å²) in [7, 11) is 0. The van der Waals surface area contributed by atoms with Crippen molar-refractivity contribution in [3.63, 3.8) is 0 Å². The Kier molecular flexibility index (Phi) is 5.83. The van der Waals surface area contributed by atoms with Crippen molar-refractivity contribution in [2.24, 2.45) is 0 Å². The molecule has 3 nitrogen and oxygen atoms in total. The number of carbonyl (C=O) groups is 1. The van der Waals surface area contributed by atoms with Gasteiger partial charge in [-0.1, -0.05) is 77.5 Å². The van der Waals surface area contributed by atoms with Gasteiger partial charge in [0.2, 0.25) is 0 Å². The minimum absolute atomic E-state index is 0.121. The Hall–Kier alpha value is -2.05. The van der Waals surface area contributed by atoms with Crippen LogP contribution in [0.1, 0.15) is 24.3 Å². The molecule has 1 amide bonds. The normalized spacial score (nSPS) is 16.7. The van der Waals surface area contributed by atoms with Gasteiger partial charge in [-0.05, 0) is 42.8 Å². The van der Waals surface area contributed by atoms with Crippen LogP contribution in [0.15, 0.2) is 70.0 Å². The van der Waals surface area contributed by atoms with E-state index >= 15 is 0 Å². The van der Waals surface area contributed by atoms with E-state index in [1.165, 1.54) is 11.8 Å². The van der Waals surface area contributed by atoms with Gasteiger partial charge in [0.05, 0.1) is 21.0 Å². The van der Waals surface area contributed by atoms with Gasteiger partial charge >= 0.3 is 0 Å². The predicted octanol–water partition coefficient (Wildman–Crippen LogP) is 7.22. The van der Waals surface area contributed by atoms with Crippen LogP contribution in [0.3, 0.4) is 0 Å². The molecule has 2 heterocycles. The molecule has 0 N–H and O–H groups in total. The summed E-state index contributed by atoms with van der Waals surface area (Å²) < 4.78 is 6.42. The Morgan fingerprint density at radius 1 is 1.07 bits per heavy atom. The molecule has 0 aliphatic carbocycles. The lowest BCUT2D eigenvalue weighted by atomic mass is 10.1. The van der Waals surface area contributed by atoms with Crippen LogP contribution in [-0.2, 0) is 4.79 Å². The molecule has 0 spiro atoms. The number of amides is 1. The topological polar surface area (TPSA) is 33.5 Å². The van der Waals surface area contributed by atoms with Crippen LogP contribution in [0.25, 0.3) is 17.4 Å². The summed E-state index contributed by atoms with van der Waals surface area (Å²) in [5.41, 5.74) is 1.84. The Labute approximate surface area is 188 Å². The van der Waals surface area contributed by atoms with E-state index in [4.69, 9.17) is 39.8 Å². The smallest absolute Gasteiger partial charge is 0.266 e. The van der Waals surface area contributed by atoms with Crippen LogP contribution < -0.4 is 0 Å². The zero-order chi connectivity index (χ0) is 20.5. The molecule has 0 saturated carbocycles. The van der Waals surface area contributed by atoms with Crippen LogP contribution in [0, 0.1) is 0 Å². The summed E-state index contributed by atoms with van der Waals surface area (Å²) in [6.07, 6.45) is 1.72. The summed E-state index contributed by atoms with van der Waals surface area (Å²) in [4.78, 5) is 15.1. The van der Waals surface area contributed by atoms with Gasteiger partial charge in [-0.15, -0.1) is 0 Å². The second-order valence-corrected chi connectivity index (χ2v) is 8.96. The summed E-state index contributed by atoms with van der Waals surface area (Å²) in [5, 5.41) is 0.941. The Bertz CT molecular complexity index is 1120. The van der Waals surface area contributed by atoms with Crippen molar-refractivity contribution in [2.45, 2.75) is 13.0 Å². The first-order valence-corrected chi connectivity index (χ1v) is 10.8. The molecule has 29 heavy (non-hydrogen) atoms. The Morgan fingerprint density at radius 2 is 1.83 bits per heavy atom. The van der Waals surface area contributed by atoms with E-state index in [0.717, 1.165) is 11.1 Å². The maximum absolute atomic E-state index is 13.0. The number of furan rings is 1. The average molecular weight is 460 g/mol. The van der Waals surface area contributed by atoms with Gasteiger partial charge in [-0.25, -0.2) is 0 Å². The molecule has 1 aromatic heterocycles. The molecule has 0 radical (unpaired) electrons. The molecule has 1 fully saturated rings. The molecule has 0 bridgehead atoms. The van der Waals surface area contributed by atoms with Gasteiger partial charge in [0.15, 0.2) is 0 Å². The van der Waals surface area contributed by atoms with Gasteiger partial charge in [-0.3, -0.25) is 9.69 Å². The van der Waals surface area contributed by atoms with Crippen molar-refractivity contribution in [1.29, 1.82) is 0 Å². The summed E-state index contributed by atoms with van der Waals surface area (Å²) in [5.74, 6) is 1.09. The zero-order valence-electron chi connectivity index (χ0n) is 15.3. The van der Waals surface area contributed by atoms with E-state index in [1.807, 2.05) is 55.5 Å². The van der Waals surface area contributed by atoms with E-state index in [2.05, 4.69) is 0 Å². The lowest BCUT2D eigenvalue weighted by Crippen LogP contribution is -2.30. The first kappa shape index (κ1) is 20.2. The molecule has 1 atom stereocenters. The highest BCUT2D eigenvalue weighted by molar-refractivity contribution is 8.26. The van der Waals surface area contributed by atoms with Crippen molar-refractivity contribution in [3.8, 4) is 11.3 Å². The van der Waals surface area contributed by atoms with Crippen molar-refractivity contribution in [3.05, 3.63) is 86.9 Å². The van der Waals surface area contributed by atoms with Crippen LogP contribution in [0.4, 0.5) is 0 Å². The van der Waals surface area contributed by atoms with Crippen molar-refractivity contribution >= 4 is 63.5 Å². The fraction of sp³-hybridized carbons (Fsp3) is 0.0909. The summed E-state index contributed by atoms with van der Waals surface area (Å²) >= 11 is 18.8. The SMILES string of the molecule is C[C@H](c1ccccc1)N1C(=O)/C(=C\c2ccc(-c3ccc(Cl)c(Cl)c3)o2)SC1=S. The van der Waals surface area contributed by atoms with E-state index in [-0.39, 0.29) is 11.9 Å². The number of halogens is 2. The van der Waals surface area contributed by atoms with E-state index in [9.17, 15) is 4.79 Å². The third-order valence-corrected chi connectivity index (χ3v) is 6.67. The molecular weight excluding hydrogens is 445 g/mol. The highest BCUT2D eigenvalue weighted by Crippen LogP contribution is 2.38. The third-order valence-electron chi connectivity index (χ3n) is 4.60. The predicted molar refractivity (Wildman–Crippen MR) is 124 cm³/mol. The second-order valence-electron chi connectivity index (χ2n) is 6.47. The second kappa shape index (κ2) is 8.36. The summed E-state index contributed by atoms with van der Waals surface area (Å²) in [6.45, 7) is 1.97. The largest absolute Gasteiger partial charge is 0.457 e. The van der Waals surface area contributed by atoms with Crippen molar-refractivity contribution in [2.75, 3.05) is 0 Å². The Balaban J connectivity index is 1.58. The molecule has 1 aliphatic rings. The zero-order valence-corrected chi connectivity index (χ0v) is 18.4. The monoisotopic (exact) mass is 459 g/mol. The van der Waals surface area contributed by atoms with Gasteiger partial charge < -0.3 is 4.42 Å². The van der Waals surface area contributed by atoms with Crippen molar-refractivity contribution < 1.29 is 9.21 Å². The standard InChI is InChI=1S/C22H15Cl2NO2S2/c1-13(14-5-3-2-4-6-14)25-21(26)20(29-22(25)28)12-16-8-10-19(27-16)15-7-9-17(23)18(24)11-15/h2-13H,1H3/b20-12+/t13-/m1/s1. The van der Waals surface area contributed by atoms with Gasteiger partial charge in [0.25, 0.3) is 5.91 Å². The lowest BCUT2D eigenvalue weighted by Gasteiger charge is -2.23. The molecule has 3 aromatic rings. The van der Waals surface area contributed by atoms with Gasteiger partial charge in [0, 0.05) is 11.6 Å². The molecule has 7 heteroatoms. The van der Waals surface area contributed by atoms with Crippen molar-refractivity contribution in [1.82, 2.24) is 4.90 Å². The lowest BCUT2D eigenvalue weighted by molar-refractivity contribution is -0.123. The molecule has 0 unspecified atom stereocenters. The third kappa shape index (κ3) is 4.14. The first-order chi connectivity index (χ1) is 13.9. The van der Waals surface area contributed by atoms with E-state index < -0.39 is 0 Å². The van der Waals surface area contributed by atoms with Crippen LogP contribution in [-0.4, -0.2) is 15.1 Å². The maximum Gasteiger partial charge on any atom is 0.266 e. The molecular formula is C22H15Cl2NO2S2. The highest BCUT2D eigenvalue weighted by atomic mass is 35.5.